The lowest BCUT2D eigenvalue weighted by atomic mass is 9.77. The van der Waals surface area contributed by atoms with Crippen LogP contribution in [0.25, 0.3) is 0 Å². The predicted octanol–water partition coefficient (Wildman–Crippen LogP) is 10.0. The summed E-state index contributed by atoms with van der Waals surface area (Å²) in [5.74, 6) is 1.51. The molecule has 0 heterocycles. The van der Waals surface area contributed by atoms with Gasteiger partial charge in [-0.15, -0.1) is 0 Å². The summed E-state index contributed by atoms with van der Waals surface area (Å²) in [6.45, 7) is 20.1. The summed E-state index contributed by atoms with van der Waals surface area (Å²) in [4.78, 5) is 0. The molecule has 242 valence electrons. The standard InChI is InChI=1S/C39H58O4Si/c1-8-32(2)28-37(34-17-11-9-12-18-34)30-38(35-19-13-10-14-20-35)36-21-15-16-33(29-36)31-42-25-24-40-22-23-41-26-27-43-44(6,7)39(3,4)5/h9-21,29,32,37-38H,8,22-28,30-31H2,1-7H3. The molecule has 0 spiro atoms. The molecular weight excluding hydrogens is 561 g/mol. The summed E-state index contributed by atoms with van der Waals surface area (Å²) >= 11 is 0. The third-order valence-corrected chi connectivity index (χ3v) is 13.8. The second-order valence-electron chi connectivity index (χ2n) is 13.7. The molecule has 0 radical (unpaired) electrons. The Labute approximate surface area is 269 Å². The van der Waals surface area contributed by atoms with Crippen LogP contribution in [0, 0.1) is 5.92 Å². The Bertz CT molecular complexity index is 1180. The van der Waals surface area contributed by atoms with E-state index in [-0.39, 0.29) is 5.04 Å². The van der Waals surface area contributed by atoms with Crippen LogP contribution in [-0.2, 0) is 25.2 Å². The Morgan fingerprint density at radius 3 is 1.77 bits per heavy atom. The normalized spacial score (nSPS) is 14.3. The molecular formula is C39H58O4Si. The Hall–Kier alpha value is -2.28. The van der Waals surface area contributed by atoms with E-state index in [0.29, 0.717) is 64.0 Å². The average molecular weight is 619 g/mol. The maximum absolute atomic E-state index is 6.16. The van der Waals surface area contributed by atoms with Crippen LogP contribution in [0.15, 0.2) is 84.9 Å². The molecule has 0 saturated carbocycles. The maximum atomic E-state index is 6.16. The number of ether oxygens (including phenoxy) is 3. The van der Waals surface area contributed by atoms with Crippen molar-refractivity contribution in [1.82, 2.24) is 0 Å². The fourth-order valence-electron chi connectivity index (χ4n) is 5.28. The first kappa shape index (κ1) is 36.2. The molecule has 0 amide bonds. The molecule has 0 N–H and O–H groups in total. The van der Waals surface area contributed by atoms with E-state index in [4.69, 9.17) is 18.6 Å². The zero-order chi connectivity index (χ0) is 31.8. The lowest BCUT2D eigenvalue weighted by Crippen LogP contribution is -2.41. The fourth-order valence-corrected chi connectivity index (χ4v) is 6.31. The van der Waals surface area contributed by atoms with Crippen molar-refractivity contribution in [3.05, 3.63) is 107 Å². The second kappa shape index (κ2) is 18.6. The maximum Gasteiger partial charge on any atom is 0.192 e. The van der Waals surface area contributed by atoms with Crippen molar-refractivity contribution in [3.63, 3.8) is 0 Å². The first-order valence-electron chi connectivity index (χ1n) is 16.7. The SMILES string of the molecule is CCC(C)CC(CC(c1ccccc1)c1cccc(COCCOCCOCCO[Si](C)(C)C(C)(C)C)c1)c1ccccc1. The Balaban J connectivity index is 1.49. The Morgan fingerprint density at radius 1 is 0.636 bits per heavy atom. The fraction of sp³-hybridized carbons (Fsp3) is 0.538. The van der Waals surface area contributed by atoms with Gasteiger partial charge in [-0.1, -0.05) is 126 Å². The van der Waals surface area contributed by atoms with Crippen molar-refractivity contribution >= 4 is 8.32 Å². The number of benzene rings is 3. The van der Waals surface area contributed by atoms with Crippen LogP contribution in [0.5, 0.6) is 0 Å². The molecule has 44 heavy (non-hydrogen) atoms. The van der Waals surface area contributed by atoms with Gasteiger partial charge in [0.2, 0.25) is 0 Å². The molecule has 3 aromatic carbocycles. The van der Waals surface area contributed by atoms with E-state index in [0.717, 1.165) is 6.42 Å². The van der Waals surface area contributed by atoms with Gasteiger partial charge in [0.15, 0.2) is 8.32 Å². The Morgan fingerprint density at radius 2 is 1.18 bits per heavy atom. The van der Waals surface area contributed by atoms with Crippen LogP contribution in [0.4, 0.5) is 0 Å². The van der Waals surface area contributed by atoms with E-state index < -0.39 is 8.32 Å². The van der Waals surface area contributed by atoms with Crippen LogP contribution in [0.3, 0.4) is 0 Å². The van der Waals surface area contributed by atoms with E-state index in [9.17, 15) is 0 Å². The first-order valence-corrected chi connectivity index (χ1v) is 19.6. The number of hydrogen-bond acceptors (Lipinski definition) is 4. The lowest BCUT2D eigenvalue weighted by molar-refractivity contribution is 0.00524. The lowest BCUT2D eigenvalue weighted by Gasteiger charge is -2.36. The summed E-state index contributed by atoms with van der Waals surface area (Å²) < 4.78 is 23.6. The molecule has 3 atom stereocenters. The highest BCUT2D eigenvalue weighted by atomic mass is 28.4. The monoisotopic (exact) mass is 618 g/mol. The van der Waals surface area contributed by atoms with Crippen molar-refractivity contribution in [3.8, 4) is 0 Å². The molecule has 0 saturated heterocycles. The number of hydrogen-bond donors (Lipinski definition) is 0. The summed E-state index contributed by atoms with van der Waals surface area (Å²) in [5, 5.41) is 0.222. The average Bonchev–Trinajstić information content (AvgIpc) is 3.02. The molecule has 0 aromatic heterocycles. The third kappa shape index (κ3) is 12.2. The summed E-state index contributed by atoms with van der Waals surface area (Å²) in [5.41, 5.74) is 5.37. The van der Waals surface area contributed by atoms with Crippen molar-refractivity contribution in [2.45, 2.75) is 90.5 Å². The van der Waals surface area contributed by atoms with E-state index in [1.54, 1.807) is 0 Å². The topological polar surface area (TPSA) is 36.9 Å². The van der Waals surface area contributed by atoms with Crippen LogP contribution in [-0.4, -0.2) is 48.0 Å². The van der Waals surface area contributed by atoms with E-state index >= 15 is 0 Å². The quantitative estimate of drug-likeness (QED) is 0.0933. The van der Waals surface area contributed by atoms with Crippen molar-refractivity contribution < 1.29 is 18.6 Å². The zero-order valence-corrected chi connectivity index (χ0v) is 29.5. The molecule has 3 rings (SSSR count). The van der Waals surface area contributed by atoms with E-state index in [1.165, 1.54) is 35.1 Å². The summed E-state index contributed by atoms with van der Waals surface area (Å²) in [7, 11) is -1.71. The van der Waals surface area contributed by atoms with Gasteiger partial charge in [0.05, 0.1) is 46.2 Å². The van der Waals surface area contributed by atoms with Gasteiger partial charge in [0.25, 0.3) is 0 Å². The minimum atomic E-state index is -1.71. The molecule has 0 aliphatic heterocycles. The first-order chi connectivity index (χ1) is 21.1. The minimum Gasteiger partial charge on any atom is -0.414 e. The van der Waals surface area contributed by atoms with Crippen LogP contribution in [0.2, 0.25) is 18.1 Å². The van der Waals surface area contributed by atoms with E-state index in [2.05, 4.69) is 133 Å². The van der Waals surface area contributed by atoms with Crippen LogP contribution in [0.1, 0.15) is 88.0 Å². The van der Waals surface area contributed by atoms with Crippen LogP contribution < -0.4 is 0 Å². The highest BCUT2D eigenvalue weighted by Crippen LogP contribution is 2.39. The molecule has 5 heteroatoms. The van der Waals surface area contributed by atoms with Crippen LogP contribution >= 0.6 is 0 Å². The van der Waals surface area contributed by atoms with Gasteiger partial charge in [-0.25, -0.2) is 0 Å². The molecule has 3 aromatic rings. The molecule has 0 fully saturated rings. The minimum absolute atomic E-state index is 0.222. The predicted molar refractivity (Wildman–Crippen MR) is 187 cm³/mol. The summed E-state index contributed by atoms with van der Waals surface area (Å²) in [6.07, 6.45) is 3.48. The number of rotatable bonds is 20. The van der Waals surface area contributed by atoms with Gasteiger partial charge in [0, 0.05) is 5.92 Å². The molecule has 0 aliphatic carbocycles. The molecule has 0 bridgehead atoms. The molecule has 4 nitrogen and oxygen atoms in total. The third-order valence-electron chi connectivity index (χ3n) is 9.24. The zero-order valence-electron chi connectivity index (χ0n) is 28.5. The van der Waals surface area contributed by atoms with Gasteiger partial charge < -0.3 is 18.6 Å². The summed E-state index contributed by atoms with van der Waals surface area (Å²) in [6, 6.07) is 31.0. The smallest absolute Gasteiger partial charge is 0.192 e. The molecule has 3 unspecified atom stereocenters. The van der Waals surface area contributed by atoms with Gasteiger partial charge >= 0.3 is 0 Å². The van der Waals surface area contributed by atoms with Gasteiger partial charge in [-0.05, 0) is 65.1 Å². The van der Waals surface area contributed by atoms with Gasteiger partial charge in [0.1, 0.15) is 0 Å². The molecule has 0 aliphatic rings. The highest BCUT2D eigenvalue weighted by Gasteiger charge is 2.36. The Kier molecular flexibility index (Phi) is 15.3. The highest BCUT2D eigenvalue weighted by molar-refractivity contribution is 6.74. The van der Waals surface area contributed by atoms with Crippen molar-refractivity contribution in [2.75, 3.05) is 39.6 Å². The van der Waals surface area contributed by atoms with Gasteiger partial charge in [-0.3, -0.25) is 0 Å². The van der Waals surface area contributed by atoms with Crippen molar-refractivity contribution in [2.24, 2.45) is 5.92 Å². The van der Waals surface area contributed by atoms with E-state index in [1.807, 2.05) is 0 Å². The van der Waals surface area contributed by atoms with Gasteiger partial charge in [-0.2, -0.15) is 0 Å². The van der Waals surface area contributed by atoms with Crippen molar-refractivity contribution in [1.29, 1.82) is 0 Å². The second-order valence-corrected chi connectivity index (χ2v) is 18.5. The largest absolute Gasteiger partial charge is 0.414 e.